The van der Waals surface area contributed by atoms with Crippen molar-refractivity contribution in [3.05, 3.63) is 33.8 Å². The summed E-state index contributed by atoms with van der Waals surface area (Å²) in [5, 5.41) is 4.66. The van der Waals surface area contributed by atoms with E-state index in [1.807, 2.05) is 26.1 Å². The fourth-order valence-electron chi connectivity index (χ4n) is 1.61. The van der Waals surface area contributed by atoms with Crippen molar-refractivity contribution < 1.29 is 4.74 Å². The van der Waals surface area contributed by atoms with Gasteiger partial charge in [0.25, 0.3) is 0 Å². The maximum Gasteiger partial charge on any atom is 0.0561 e. The largest absolute Gasteiger partial charge is 0.382 e. The molecule has 0 heterocycles. The zero-order valence-electron chi connectivity index (χ0n) is 9.76. The Morgan fingerprint density at radius 3 is 2.62 bits per heavy atom. The van der Waals surface area contributed by atoms with Crippen molar-refractivity contribution in [3.63, 3.8) is 0 Å². The molecule has 0 amide bonds. The summed E-state index contributed by atoms with van der Waals surface area (Å²) in [6.07, 6.45) is 1.03. The van der Waals surface area contributed by atoms with E-state index in [2.05, 4.69) is 5.32 Å². The first-order chi connectivity index (χ1) is 7.58. The number of hydrogen-bond donors (Lipinski definition) is 1. The first kappa shape index (κ1) is 13.8. The molecule has 1 aromatic carbocycles. The van der Waals surface area contributed by atoms with Crippen LogP contribution in [0.5, 0.6) is 0 Å². The molecule has 0 aliphatic heterocycles. The highest BCUT2D eigenvalue weighted by Crippen LogP contribution is 2.29. The van der Waals surface area contributed by atoms with Crippen LogP contribution in [0.4, 0.5) is 0 Å². The number of ether oxygens (including phenoxy) is 1. The second-order valence-electron chi connectivity index (χ2n) is 3.79. The molecule has 0 saturated carbocycles. The lowest BCUT2D eigenvalue weighted by Gasteiger charge is -2.21. The molecule has 16 heavy (non-hydrogen) atoms. The Kier molecular flexibility index (Phi) is 5.56. The highest BCUT2D eigenvalue weighted by atomic mass is 35.5. The van der Waals surface area contributed by atoms with Crippen molar-refractivity contribution in [3.8, 4) is 0 Å². The quantitative estimate of drug-likeness (QED) is 0.874. The van der Waals surface area contributed by atoms with Crippen molar-refractivity contribution in [2.75, 3.05) is 14.2 Å². The summed E-state index contributed by atoms with van der Waals surface area (Å²) < 4.78 is 5.26. The molecule has 2 atom stereocenters. The average Bonchev–Trinajstić information content (AvgIpc) is 2.29. The van der Waals surface area contributed by atoms with Gasteiger partial charge >= 0.3 is 0 Å². The fraction of sp³-hybridized carbons (Fsp3) is 0.500. The van der Waals surface area contributed by atoms with Gasteiger partial charge in [0.05, 0.1) is 6.10 Å². The normalized spacial score (nSPS) is 14.8. The van der Waals surface area contributed by atoms with Gasteiger partial charge in [-0.15, -0.1) is 0 Å². The first-order valence-corrected chi connectivity index (χ1v) is 5.99. The van der Waals surface area contributed by atoms with Crippen LogP contribution in [0.25, 0.3) is 0 Å². The second kappa shape index (κ2) is 6.45. The van der Waals surface area contributed by atoms with Gasteiger partial charge in [0, 0.05) is 23.2 Å². The molecule has 0 bridgehead atoms. The molecule has 0 fully saturated rings. The van der Waals surface area contributed by atoms with Gasteiger partial charge in [-0.25, -0.2) is 0 Å². The molecule has 0 aliphatic rings. The van der Waals surface area contributed by atoms with Crippen molar-refractivity contribution in [1.29, 1.82) is 0 Å². The fourth-order valence-corrected chi connectivity index (χ4v) is 2.04. The zero-order chi connectivity index (χ0) is 12.1. The molecule has 1 aromatic rings. The monoisotopic (exact) mass is 261 g/mol. The molecule has 90 valence electrons. The second-order valence-corrected chi connectivity index (χ2v) is 4.63. The summed E-state index contributed by atoms with van der Waals surface area (Å²) in [5.74, 6) is 0. The van der Waals surface area contributed by atoms with E-state index in [1.54, 1.807) is 13.2 Å². The third-order valence-electron chi connectivity index (χ3n) is 2.65. The van der Waals surface area contributed by atoms with E-state index in [9.17, 15) is 0 Å². The van der Waals surface area contributed by atoms with E-state index in [0.29, 0.717) is 5.02 Å². The van der Waals surface area contributed by atoms with Crippen molar-refractivity contribution in [2.45, 2.75) is 25.5 Å². The predicted molar refractivity (Wildman–Crippen MR) is 69.4 cm³/mol. The molecule has 2 unspecified atom stereocenters. The Morgan fingerprint density at radius 1 is 1.38 bits per heavy atom. The lowest BCUT2D eigenvalue weighted by Crippen LogP contribution is -2.22. The lowest BCUT2D eigenvalue weighted by atomic mass is 10.0. The van der Waals surface area contributed by atoms with E-state index in [-0.39, 0.29) is 12.1 Å². The summed E-state index contributed by atoms with van der Waals surface area (Å²) >= 11 is 12.1. The van der Waals surface area contributed by atoms with Crippen molar-refractivity contribution in [2.24, 2.45) is 0 Å². The van der Waals surface area contributed by atoms with Gasteiger partial charge in [-0.05, 0) is 44.2 Å². The maximum atomic E-state index is 6.16. The summed E-state index contributed by atoms with van der Waals surface area (Å²) in [4.78, 5) is 0. The molecule has 0 saturated heterocycles. The third kappa shape index (κ3) is 3.63. The number of methoxy groups -OCH3 is 1. The molecule has 0 spiro atoms. The van der Waals surface area contributed by atoms with Crippen molar-refractivity contribution >= 4 is 23.2 Å². The Morgan fingerprint density at radius 2 is 2.06 bits per heavy atom. The molecule has 1 rings (SSSR count). The minimum atomic E-state index is 0.154. The number of halogens is 2. The Labute approximate surface area is 107 Å². The van der Waals surface area contributed by atoms with E-state index in [1.165, 1.54) is 0 Å². The maximum absolute atomic E-state index is 6.16. The lowest BCUT2D eigenvalue weighted by molar-refractivity contribution is 0.101. The van der Waals surface area contributed by atoms with Crippen LogP contribution in [0.2, 0.25) is 10.0 Å². The van der Waals surface area contributed by atoms with E-state index in [0.717, 1.165) is 17.0 Å². The molecule has 0 aromatic heterocycles. The van der Waals surface area contributed by atoms with Gasteiger partial charge in [0.2, 0.25) is 0 Å². The molecular formula is C12H17Cl2NO. The van der Waals surface area contributed by atoms with Crippen LogP contribution in [0.15, 0.2) is 18.2 Å². The van der Waals surface area contributed by atoms with Gasteiger partial charge in [-0.1, -0.05) is 23.2 Å². The summed E-state index contributed by atoms with van der Waals surface area (Å²) in [5.41, 5.74) is 1.01. The molecular weight excluding hydrogens is 245 g/mol. The molecule has 0 aliphatic carbocycles. The van der Waals surface area contributed by atoms with Crippen LogP contribution < -0.4 is 5.32 Å². The van der Waals surface area contributed by atoms with Crippen LogP contribution in [-0.4, -0.2) is 20.3 Å². The Bertz CT molecular complexity index is 344. The SMILES string of the molecule is CNC(CC(C)OC)c1cc(Cl)ccc1Cl. The van der Waals surface area contributed by atoms with Crippen LogP contribution in [0, 0.1) is 0 Å². The van der Waals surface area contributed by atoms with Crippen LogP contribution in [-0.2, 0) is 4.74 Å². The zero-order valence-corrected chi connectivity index (χ0v) is 11.3. The number of benzene rings is 1. The third-order valence-corrected chi connectivity index (χ3v) is 3.23. The summed E-state index contributed by atoms with van der Waals surface area (Å²) in [6, 6.07) is 5.66. The Balaban J connectivity index is 2.89. The van der Waals surface area contributed by atoms with Gasteiger partial charge in [-0.2, -0.15) is 0 Å². The molecule has 1 N–H and O–H groups in total. The van der Waals surface area contributed by atoms with E-state index < -0.39 is 0 Å². The van der Waals surface area contributed by atoms with E-state index in [4.69, 9.17) is 27.9 Å². The minimum Gasteiger partial charge on any atom is -0.382 e. The first-order valence-electron chi connectivity index (χ1n) is 5.23. The number of nitrogens with one attached hydrogen (secondary N) is 1. The highest BCUT2D eigenvalue weighted by Gasteiger charge is 2.16. The van der Waals surface area contributed by atoms with Crippen LogP contribution >= 0.6 is 23.2 Å². The van der Waals surface area contributed by atoms with E-state index >= 15 is 0 Å². The van der Waals surface area contributed by atoms with Gasteiger partial charge in [0.1, 0.15) is 0 Å². The molecule has 2 nitrogen and oxygen atoms in total. The van der Waals surface area contributed by atoms with Crippen LogP contribution in [0.3, 0.4) is 0 Å². The summed E-state index contributed by atoms with van der Waals surface area (Å²) in [6.45, 7) is 2.03. The molecule has 0 radical (unpaired) electrons. The van der Waals surface area contributed by atoms with Gasteiger partial charge in [-0.3, -0.25) is 0 Å². The molecule has 4 heteroatoms. The van der Waals surface area contributed by atoms with Gasteiger partial charge < -0.3 is 10.1 Å². The smallest absolute Gasteiger partial charge is 0.0561 e. The Hall–Kier alpha value is -0.280. The average molecular weight is 262 g/mol. The standard InChI is InChI=1S/C12H17Cl2NO/c1-8(16-3)6-12(15-2)10-7-9(13)4-5-11(10)14/h4-5,7-8,12,15H,6H2,1-3H3. The topological polar surface area (TPSA) is 21.3 Å². The summed E-state index contributed by atoms with van der Waals surface area (Å²) in [7, 11) is 3.61. The number of hydrogen-bond acceptors (Lipinski definition) is 2. The van der Waals surface area contributed by atoms with Crippen molar-refractivity contribution in [1.82, 2.24) is 5.32 Å². The minimum absolute atomic E-state index is 0.154. The van der Waals surface area contributed by atoms with Crippen LogP contribution in [0.1, 0.15) is 24.9 Å². The predicted octanol–water partition coefficient (Wildman–Crippen LogP) is 3.68. The highest BCUT2D eigenvalue weighted by molar-refractivity contribution is 6.33. The van der Waals surface area contributed by atoms with Gasteiger partial charge in [0.15, 0.2) is 0 Å². The number of rotatable bonds is 5.